The zero-order valence-electron chi connectivity index (χ0n) is 16.7. The van der Waals surface area contributed by atoms with Gasteiger partial charge in [-0.2, -0.15) is 4.31 Å². The molecule has 0 spiro atoms. The van der Waals surface area contributed by atoms with Gasteiger partial charge in [0.1, 0.15) is 12.6 Å². The van der Waals surface area contributed by atoms with Crippen molar-refractivity contribution in [2.75, 3.05) is 26.2 Å². The van der Waals surface area contributed by atoms with E-state index in [1.165, 1.54) is 4.31 Å². The number of hydrogen-bond donors (Lipinski definition) is 1. The number of benzene rings is 2. The highest BCUT2D eigenvalue weighted by Gasteiger charge is 2.31. The predicted octanol–water partition coefficient (Wildman–Crippen LogP) is 1.83. The average Bonchev–Trinajstić information content (AvgIpc) is 2.78. The van der Waals surface area contributed by atoms with E-state index in [2.05, 4.69) is 5.32 Å². The van der Waals surface area contributed by atoms with Crippen LogP contribution in [0.5, 0.6) is 0 Å². The molecule has 1 saturated heterocycles. The molecule has 0 radical (unpaired) electrons. The van der Waals surface area contributed by atoms with E-state index in [0.717, 1.165) is 5.56 Å². The molecule has 160 valence electrons. The van der Waals surface area contributed by atoms with Gasteiger partial charge in [-0.05, 0) is 24.6 Å². The van der Waals surface area contributed by atoms with Gasteiger partial charge in [0.15, 0.2) is 0 Å². The minimum atomic E-state index is -3.58. The summed E-state index contributed by atoms with van der Waals surface area (Å²) in [4.78, 5) is 26.4. The molecular formula is C21H25N3O5S. The first-order valence-electron chi connectivity index (χ1n) is 9.69. The van der Waals surface area contributed by atoms with Crippen LogP contribution in [-0.4, -0.2) is 61.8 Å². The molecule has 9 heteroatoms. The molecule has 0 saturated carbocycles. The lowest BCUT2D eigenvalue weighted by atomic mass is 10.2. The first kappa shape index (κ1) is 21.8. The van der Waals surface area contributed by atoms with Crippen LogP contribution in [0.2, 0.25) is 0 Å². The van der Waals surface area contributed by atoms with Crippen LogP contribution in [-0.2, 0) is 26.2 Å². The lowest BCUT2D eigenvalue weighted by molar-refractivity contribution is -0.134. The van der Waals surface area contributed by atoms with Crippen LogP contribution in [0, 0.1) is 0 Å². The summed E-state index contributed by atoms with van der Waals surface area (Å²) in [6, 6.07) is 16.7. The normalized spacial score (nSPS) is 16.0. The molecule has 0 aliphatic carbocycles. The number of carbonyl (C=O) groups excluding carboxylic acids is 2. The third-order valence-electron chi connectivity index (χ3n) is 4.85. The Hall–Kier alpha value is -2.91. The summed E-state index contributed by atoms with van der Waals surface area (Å²) in [7, 11) is -3.58. The fraction of sp³-hybridized carbons (Fsp3) is 0.333. The Balaban J connectivity index is 1.48. The monoisotopic (exact) mass is 431 g/mol. The quantitative estimate of drug-likeness (QED) is 0.753. The molecule has 1 N–H and O–H groups in total. The molecule has 2 aromatic rings. The van der Waals surface area contributed by atoms with Crippen molar-refractivity contribution < 1.29 is 22.7 Å². The number of hydrogen-bond acceptors (Lipinski definition) is 5. The van der Waals surface area contributed by atoms with E-state index in [4.69, 9.17) is 4.74 Å². The van der Waals surface area contributed by atoms with Crippen molar-refractivity contribution in [3.05, 3.63) is 66.2 Å². The molecule has 2 amide bonds. The van der Waals surface area contributed by atoms with Gasteiger partial charge in [0.05, 0.1) is 4.90 Å². The second-order valence-electron chi connectivity index (χ2n) is 6.97. The first-order valence-corrected chi connectivity index (χ1v) is 11.1. The number of ether oxygens (including phenoxy) is 1. The standard InChI is InChI=1S/C21H25N3O5S/c1-17(22-21(26)29-16-18-8-4-2-5-9-18)20(25)23-12-14-24(15-13-23)30(27,28)19-10-6-3-7-11-19/h2-11,17H,12-16H2,1H3,(H,22,26). The second-order valence-corrected chi connectivity index (χ2v) is 8.91. The van der Waals surface area contributed by atoms with Crippen molar-refractivity contribution in [2.45, 2.75) is 24.5 Å². The zero-order valence-corrected chi connectivity index (χ0v) is 17.5. The number of piperazine rings is 1. The highest BCUT2D eigenvalue weighted by Crippen LogP contribution is 2.17. The Morgan fingerprint density at radius 3 is 2.13 bits per heavy atom. The van der Waals surface area contributed by atoms with E-state index in [1.807, 2.05) is 30.3 Å². The molecule has 1 unspecified atom stereocenters. The smallest absolute Gasteiger partial charge is 0.408 e. The highest BCUT2D eigenvalue weighted by molar-refractivity contribution is 7.89. The molecule has 1 aliphatic heterocycles. The van der Waals surface area contributed by atoms with Crippen LogP contribution in [0.1, 0.15) is 12.5 Å². The molecule has 3 rings (SSSR count). The Morgan fingerprint density at radius 1 is 0.967 bits per heavy atom. The lowest BCUT2D eigenvalue weighted by Gasteiger charge is -2.35. The molecule has 1 heterocycles. The van der Waals surface area contributed by atoms with E-state index in [-0.39, 0.29) is 43.6 Å². The van der Waals surface area contributed by atoms with Crippen molar-refractivity contribution in [1.82, 2.24) is 14.5 Å². The summed E-state index contributed by atoms with van der Waals surface area (Å²) in [6.45, 7) is 2.62. The SMILES string of the molecule is CC(NC(=O)OCc1ccccc1)C(=O)N1CCN(S(=O)(=O)c2ccccc2)CC1. The maximum absolute atomic E-state index is 12.7. The second kappa shape index (κ2) is 9.73. The summed E-state index contributed by atoms with van der Waals surface area (Å²) in [5.74, 6) is -0.275. The number of alkyl carbamates (subject to hydrolysis) is 1. The molecule has 0 aromatic heterocycles. The maximum Gasteiger partial charge on any atom is 0.408 e. The minimum Gasteiger partial charge on any atom is -0.445 e. The van der Waals surface area contributed by atoms with Crippen molar-refractivity contribution in [3.63, 3.8) is 0 Å². The number of carbonyl (C=O) groups is 2. The van der Waals surface area contributed by atoms with Crippen LogP contribution in [0.15, 0.2) is 65.6 Å². The third-order valence-corrected chi connectivity index (χ3v) is 6.76. The Morgan fingerprint density at radius 2 is 1.53 bits per heavy atom. The van der Waals surface area contributed by atoms with Gasteiger partial charge >= 0.3 is 6.09 Å². The average molecular weight is 432 g/mol. The topological polar surface area (TPSA) is 96.0 Å². The molecule has 1 atom stereocenters. The van der Waals surface area contributed by atoms with Crippen LogP contribution < -0.4 is 5.32 Å². The fourth-order valence-electron chi connectivity index (χ4n) is 3.17. The van der Waals surface area contributed by atoms with Crippen LogP contribution in [0.4, 0.5) is 4.79 Å². The van der Waals surface area contributed by atoms with Gasteiger partial charge in [-0.3, -0.25) is 4.79 Å². The summed E-state index contributed by atoms with van der Waals surface area (Å²) >= 11 is 0. The van der Waals surface area contributed by atoms with Crippen LogP contribution in [0.3, 0.4) is 0 Å². The number of nitrogens with zero attached hydrogens (tertiary/aromatic N) is 2. The Labute approximate surface area is 176 Å². The molecule has 30 heavy (non-hydrogen) atoms. The molecular weight excluding hydrogens is 406 g/mol. The van der Waals surface area contributed by atoms with Crippen molar-refractivity contribution in [2.24, 2.45) is 0 Å². The van der Waals surface area contributed by atoms with Crippen molar-refractivity contribution in [3.8, 4) is 0 Å². The zero-order chi connectivity index (χ0) is 21.6. The summed E-state index contributed by atoms with van der Waals surface area (Å²) in [5, 5.41) is 2.53. The van der Waals surface area contributed by atoms with Gasteiger partial charge in [0.2, 0.25) is 15.9 Å². The summed E-state index contributed by atoms with van der Waals surface area (Å²) < 4.78 is 31.9. The van der Waals surface area contributed by atoms with E-state index in [9.17, 15) is 18.0 Å². The van der Waals surface area contributed by atoms with Crippen LogP contribution >= 0.6 is 0 Å². The number of nitrogens with one attached hydrogen (secondary N) is 1. The lowest BCUT2D eigenvalue weighted by Crippen LogP contribution is -2.55. The van der Waals surface area contributed by atoms with Crippen molar-refractivity contribution >= 4 is 22.0 Å². The molecule has 2 aromatic carbocycles. The van der Waals surface area contributed by atoms with Crippen LogP contribution in [0.25, 0.3) is 0 Å². The van der Waals surface area contributed by atoms with Gasteiger partial charge in [-0.25, -0.2) is 13.2 Å². The summed E-state index contributed by atoms with van der Waals surface area (Å²) in [5.41, 5.74) is 0.849. The Bertz CT molecular complexity index is 959. The predicted molar refractivity (Wildman–Crippen MR) is 111 cm³/mol. The van der Waals surface area contributed by atoms with Gasteiger partial charge < -0.3 is 15.0 Å². The van der Waals surface area contributed by atoms with E-state index >= 15 is 0 Å². The first-order chi connectivity index (χ1) is 14.4. The third kappa shape index (κ3) is 5.37. The molecule has 1 aliphatic rings. The fourth-order valence-corrected chi connectivity index (χ4v) is 4.61. The van der Waals surface area contributed by atoms with Gasteiger partial charge in [-0.1, -0.05) is 48.5 Å². The van der Waals surface area contributed by atoms with E-state index in [1.54, 1.807) is 42.2 Å². The summed E-state index contributed by atoms with van der Waals surface area (Å²) in [6.07, 6.45) is -0.676. The highest BCUT2D eigenvalue weighted by atomic mass is 32.2. The van der Waals surface area contributed by atoms with Gasteiger partial charge in [0, 0.05) is 26.2 Å². The number of amides is 2. The van der Waals surface area contributed by atoms with E-state index < -0.39 is 22.2 Å². The molecule has 0 bridgehead atoms. The van der Waals surface area contributed by atoms with Gasteiger partial charge in [0.25, 0.3) is 0 Å². The number of sulfonamides is 1. The largest absolute Gasteiger partial charge is 0.445 e. The van der Waals surface area contributed by atoms with Crippen molar-refractivity contribution in [1.29, 1.82) is 0 Å². The molecule has 1 fully saturated rings. The number of rotatable bonds is 6. The molecule has 8 nitrogen and oxygen atoms in total. The van der Waals surface area contributed by atoms with Gasteiger partial charge in [-0.15, -0.1) is 0 Å². The Kier molecular flexibility index (Phi) is 7.07. The van der Waals surface area contributed by atoms with E-state index in [0.29, 0.717) is 0 Å². The minimum absolute atomic E-state index is 0.115. The maximum atomic E-state index is 12.7.